The Bertz CT molecular complexity index is 345. The zero-order chi connectivity index (χ0) is 13.7. The van der Waals surface area contributed by atoms with E-state index in [0.29, 0.717) is 12.8 Å². The molecule has 0 heterocycles. The first-order valence-corrected chi connectivity index (χ1v) is 5.99. The summed E-state index contributed by atoms with van der Waals surface area (Å²) in [6.45, 7) is 1.49. The zero-order valence-electron chi connectivity index (χ0n) is 10.3. The number of urea groups is 1. The third-order valence-corrected chi connectivity index (χ3v) is 3.13. The van der Waals surface area contributed by atoms with Crippen molar-refractivity contribution in [3.63, 3.8) is 0 Å². The fraction of sp³-hybridized carbons (Fsp3) is 0.727. The van der Waals surface area contributed by atoms with E-state index in [1.165, 1.54) is 6.92 Å². The number of hydrogen-bond acceptors (Lipinski definition) is 3. The van der Waals surface area contributed by atoms with Gasteiger partial charge in [0.05, 0.1) is 5.92 Å². The number of aliphatic carboxylic acids is 1. The standard InChI is InChI=1S/C11H19N3O4/c1-6(9(12)15)13-11(18)14-8-4-2-3-7(5-8)10(16)17/h6-8H,2-5H2,1H3,(H2,12,15)(H,16,17)(H2,13,14,18). The van der Waals surface area contributed by atoms with Crippen molar-refractivity contribution in [3.8, 4) is 0 Å². The molecule has 0 bridgehead atoms. The average Bonchev–Trinajstić information content (AvgIpc) is 2.28. The predicted octanol–water partition coefficient (Wildman–Crippen LogP) is -0.197. The monoisotopic (exact) mass is 257 g/mol. The van der Waals surface area contributed by atoms with Crippen molar-refractivity contribution in [2.24, 2.45) is 11.7 Å². The van der Waals surface area contributed by atoms with Crippen LogP contribution in [0.3, 0.4) is 0 Å². The van der Waals surface area contributed by atoms with E-state index in [4.69, 9.17) is 10.8 Å². The minimum absolute atomic E-state index is 0.167. The molecule has 3 amide bonds. The summed E-state index contributed by atoms with van der Waals surface area (Å²) < 4.78 is 0. The molecular formula is C11H19N3O4. The highest BCUT2D eigenvalue weighted by Gasteiger charge is 2.28. The topological polar surface area (TPSA) is 122 Å². The Morgan fingerprint density at radius 3 is 2.56 bits per heavy atom. The van der Waals surface area contributed by atoms with Gasteiger partial charge in [0.1, 0.15) is 6.04 Å². The highest BCUT2D eigenvalue weighted by molar-refractivity contribution is 5.85. The Balaban J connectivity index is 2.40. The summed E-state index contributed by atoms with van der Waals surface area (Å²) in [7, 11) is 0. The van der Waals surface area contributed by atoms with Gasteiger partial charge in [0.15, 0.2) is 0 Å². The van der Waals surface area contributed by atoms with Gasteiger partial charge in [0.25, 0.3) is 0 Å². The molecule has 0 radical (unpaired) electrons. The number of carbonyl (C=O) groups is 3. The first kappa shape index (κ1) is 14.3. The number of hydrogen-bond donors (Lipinski definition) is 4. The normalized spacial score (nSPS) is 24.9. The number of carbonyl (C=O) groups excluding carboxylic acids is 2. The molecule has 0 aliphatic heterocycles. The Kier molecular flexibility index (Phi) is 4.94. The number of carboxylic acid groups (broad SMARTS) is 1. The van der Waals surface area contributed by atoms with Gasteiger partial charge >= 0.3 is 12.0 Å². The maximum atomic E-state index is 11.5. The van der Waals surface area contributed by atoms with Gasteiger partial charge in [0.2, 0.25) is 5.91 Å². The minimum atomic E-state index is -0.826. The Labute approximate surface area is 105 Å². The van der Waals surface area contributed by atoms with E-state index in [-0.39, 0.29) is 6.04 Å². The Morgan fingerprint density at radius 2 is 2.00 bits per heavy atom. The van der Waals surface area contributed by atoms with Crippen molar-refractivity contribution in [1.29, 1.82) is 0 Å². The molecule has 7 nitrogen and oxygen atoms in total. The maximum absolute atomic E-state index is 11.5. The number of primary amides is 1. The van der Waals surface area contributed by atoms with Crippen LogP contribution in [0.25, 0.3) is 0 Å². The van der Waals surface area contributed by atoms with Gasteiger partial charge in [-0.2, -0.15) is 0 Å². The second kappa shape index (κ2) is 6.23. The third kappa shape index (κ3) is 4.23. The molecule has 3 unspecified atom stereocenters. The lowest BCUT2D eigenvalue weighted by Gasteiger charge is -2.27. The quantitative estimate of drug-likeness (QED) is 0.557. The van der Waals surface area contributed by atoms with Gasteiger partial charge in [-0.05, 0) is 26.2 Å². The summed E-state index contributed by atoms with van der Waals surface area (Å²) >= 11 is 0. The van der Waals surface area contributed by atoms with Crippen LogP contribution in [-0.4, -0.2) is 35.1 Å². The molecule has 0 spiro atoms. The Morgan fingerprint density at radius 1 is 1.33 bits per heavy atom. The van der Waals surface area contributed by atoms with Gasteiger partial charge < -0.3 is 21.5 Å². The summed E-state index contributed by atoms with van der Waals surface area (Å²) in [6, 6.07) is -1.40. The van der Waals surface area contributed by atoms with Gasteiger partial charge in [-0.15, -0.1) is 0 Å². The van der Waals surface area contributed by atoms with Crippen LogP contribution in [0.5, 0.6) is 0 Å². The third-order valence-electron chi connectivity index (χ3n) is 3.13. The Hall–Kier alpha value is -1.79. The van der Waals surface area contributed by atoms with Gasteiger partial charge in [0, 0.05) is 6.04 Å². The first-order valence-electron chi connectivity index (χ1n) is 5.99. The molecule has 5 N–H and O–H groups in total. The van der Waals surface area contributed by atoms with E-state index in [9.17, 15) is 14.4 Å². The number of rotatable bonds is 4. The molecule has 3 atom stereocenters. The zero-order valence-corrected chi connectivity index (χ0v) is 10.3. The molecule has 1 aliphatic carbocycles. The van der Waals surface area contributed by atoms with Crippen LogP contribution < -0.4 is 16.4 Å². The van der Waals surface area contributed by atoms with Crippen molar-refractivity contribution in [1.82, 2.24) is 10.6 Å². The number of carboxylic acids is 1. The minimum Gasteiger partial charge on any atom is -0.481 e. The van der Waals surface area contributed by atoms with Crippen molar-refractivity contribution < 1.29 is 19.5 Å². The molecule has 0 aromatic rings. The predicted molar refractivity (Wildman–Crippen MR) is 63.7 cm³/mol. The molecule has 0 aromatic carbocycles. The summed E-state index contributed by atoms with van der Waals surface area (Å²) in [5, 5.41) is 14.0. The molecule has 0 saturated heterocycles. The molecule has 1 aliphatic rings. The lowest BCUT2D eigenvalue weighted by atomic mass is 9.86. The average molecular weight is 257 g/mol. The van der Waals surface area contributed by atoms with Crippen molar-refractivity contribution in [3.05, 3.63) is 0 Å². The number of amides is 3. The summed E-state index contributed by atoms with van der Waals surface area (Å²) in [5.74, 6) is -1.85. The van der Waals surface area contributed by atoms with Crippen LogP contribution in [0, 0.1) is 5.92 Å². The van der Waals surface area contributed by atoms with Gasteiger partial charge in [-0.25, -0.2) is 4.79 Å². The number of nitrogens with one attached hydrogen (secondary N) is 2. The highest BCUT2D eigenvalue weighted by atomic mass is 16.4. The first-order chi connectivity index (χ1) is 8.40. The van der Waals surface area contributed by atoms with E-state index in [2.05, 4.69) is 10.6 Å². The lowest BCUT2D eigenvalue weighted by Crippen LogP contribution is -2.50. The highest BCUT2D eigenvalue weighted by Crippen LogP contribution is 2.24. The second-order valence-electron chi connectivity index (χ2n) is 4.64. The lowest BCUT2D eigenvalue weighted by molar-refractivity contribution is -0.143. The molecule has 18 heavy (non-hydrogen) atoms. The molecule has 102 valence electrons. The summed E-state index contributed by atoms with van der Waals surface area (Å²) in [4.78, 5) is 33.2. The van der Waals surface area contributed by atoms with Crippen molar-refractivity contribution in [2.45, 2.75) is 44.7 Å². The summed E-state index contributed by atoms with van der Waals surface area (Å²) in [5.41, 5.74) is 5.02. The van der Waals surface area contributed by atoms with E-state index >= 15 is 0 Å². The van der Waals surface area contributed by atoms with Crippen LogP contribution in [0.15, 0.2) is 0 Å². The van der Waals surface area contributed by atoms with Crippen LogP contribution >= 0.6 is 0 Å². The van der Waals surface area contributed by atoms with E-state index in [0.717, 1.165) is 12.8 Å². The van der Waals surface area contributed by atoms with E-state index in [1.807, 2.05) is 0 Å². The van der Waals surface area contributed by atoms with Crippen LogP contribution in [0.2, 0.25) is 0 Å². The molecule has 1 saturated carbocycles. The number of nitrogens with two attached hydrogens (primary N) is 1. The van der Waals surface area contributed by atoms with Gasteiger partial charge in [-0.1, -0.05) is 6.42 Å². The molecule has 0 aromatic heterocycles. The van der Waals surface area contributed by atoms with Crippen LogP contribution in [0.4, 0.5) is 4.79 Å². The van der Waals surface area contributed by atoms with E-state index in [1.54, 1.807) is 0 Å². The summed E-state index contributed by atoms with van der Waals surface area (Å²) in [6.07, 6.45) is 2.59. The molecule has 1 fully saturated rings. The second-order valence-corrected chi connectivity index (χ2v) is 4.64. The molecule has 7 heteroatoms. The smallest absolute Gasteiger partial charge is 0.315 e. The fourth-order valence-electron chi connectivity index (χ4n) is 2.04. The SMILES string of the molecule is CC(NC(=O)NC1CCCC(C(=O)O)C1)C(N)=O. The maximum Gasteiger partial charge on any atom is 0.315 e. The van der Waals surface area contributed by atoms with Crippen LogP contribution in [-0.2, 0) is 9.59 Å². The van der Waals surface area contributed by atoms with Crippen molar-refractivity contribution >= 4 is 17.9 Å². The van der Waals surface area contributed by atoms with Crippen LogP contribution in [0.1, 0.15) is 32.6 Å². The fourth-order valence-corrected chi connectivity index (χ4v) is 2.04. The van der Waals surface area contributed by atoms with E-state index < -0.39 is 29.9 Å². The largest absolute Gasteiger partial charge is 0.481 e. The van der Waals surface area contributed by atoms with Gasteiger partial charge in [-0.3, -0.25) is 9.59 Å². The van der Waals surface area contributed by atoms with Crippen molar-refractivity contribution in [2.75, 3.05) is 0 Å². The molecular weight excluding hydrogens is 238 g/mol. The molecule has 1 rings (SSSR count).